The Kier molecular flexibility index (Phi) is 30.6. The molecule has 14 heterocycles. The van der Waals surface area contributed by atoms with Crippen LogP contribution in [0.1, 0.15) is 144 Å². The molecular formula is C102H109Cl4N23O12S. The number of fused-ring (bicyclic) bond motifs is 4. The van der Waals surface area contributed by atoms with Gasteiger partial charge in [0.15, 0.2) is 22.4 Å². The van der Waals surface area contributed by atoms with Crippen molar-refractivity contribution < 1.29 is 58.3 Å². The van der Waals surface area contributed by atoms with E-state index in [9.17, 15) is 20.4 Å². The summed E-state index contributed by atoms with van der Waals surface area (Å²) in [5, 5.41) is 88.3. The van der Waals surface area contributed by atoms with Crippen molar-refractivity contribution in [2.45, 2.75) is 110 Å². The number of thiazole rings is 1. The fourth-order valence-electron chi connectivity index (χ4n) is 17.8. The third-order valence-corrected chi connectivity index (χ3v) is 27.5. The topological polar surface area (TPSA) is 400 Å². The molecule has 2 aliphatic rings. The van der Waals surface area contributed by atoms with Crippen LogP contribution in [-0.4, -0.2) is 224 Å². The van der Waals surface area contributed by atoms with Crippen molar-refractivity contribution in [3.05, 3.63) is 296 Å². The van der Waals surface area contributed by atoms with E-state index in [2.05, 4.69) is 91.0 Å². The Morgan fingerprint density at radius 3 is 0.965 bits per heavy atom. The van der Waals surface area contributed by atoms with Crippen LogP contribution in [0.25, 0.3) is 43.6 Å². The molecule has 738 valence electrons. The van der Waals surface area contributed by atoms with Crippen LogP contribution in [0.3, 0.4) is 0 Å². The number of benzene rings is 4. The van der Waals surface area contributed by atoms with E-state index in [0.717, 1.165) is 60.3 Å². The lowest BCUT2D eigenvalue weighted by Crippen LogP contribution is -2.32. The molecule has 4 N–H and O–H groups in total. The molecule has 4 unspecified atom stereocenters. The van der Waals surface area contributed by atoms with Crippen molar-refractivity contribution in [3.8, 4) is 46.5 Å². The molecule has 35 nitrogen and oxygen atoms in total. The number of halogens is 4. The summed E-state index contributed by atoms with van der Waals surface area (Å²) in [6.07, 6.45) is 12.7. The van der Waals surface area contributed by atoms with Gasteiger partial charge in [0.25, 0.3) is 23.5 Å². The first-order valence-electron chi connectivity index (χ1n) is 45.7. The van der Waals surface area contributed by atoms with Gasteiger partial charge in [-0.25, -0.2) is 43.6 Å². The number of likely N-dealkylation sites (N-methyl/N-ethyl adjacent to an activating group) is 1. The fraction of sp³-hybridized carbons (Fsp3) is 0.343. The van der Waals surface area contributed by atoms with Gasteiger partial charge in [-0.1, -0.05) is 116 Å². The number of nitrogens with zero attached hydrogens (tertiary/aromatic N) is 23. The quantitative estimate of drug-likeness (QED) is 0.0325. The lowest BCUT2D eigenvalue weighted by Gasteiger charge is -2.30. The Balaban J connectivity index is 0.000000136. The van der Waals surface area contributed by atoms with Gasteiger partial charge in [0.2, 0.25) is 23.0 Å². The maximum atomic E-state index is 12.4. The lowest BCUT2D eigenvalue weighted by molar-refractivity contribution is 0.114. The standard InChI is InChI=1S/C27H31ClN6O3.C25H23ClN6O3S.C25H29ClN6O3.C25H26ClN5O3/c1-17-7-9-21(18(2)30-17)27(35,23-16-29-32-33(23)3)19-8-10-22-20(15-19)24(28)25(26(31-22)36-4)37-14-13-34-11-5-6-12-34;1-14-5-7-18(15(2)29-14)25(33,20-12-28-31-32(20)3)16-6-8-19-17(11-16)22(26)23(24(30-19)34-4)35-13-21-27-9-10-36-21;1-15-7-9-19(16(2)28-15)25(33,21-14-27-30-32(21)5)17-8-10-20-18(13-17)22(26)23(24(29-20)34-6)35-12-11-31(3)4;1-14-5-9-19(15(2)28-14)25(32,21-12-27-30-31(21)3)17-8-10-20-18(11-17)22(26)23(24(29-20)33-4)34-13-16-6-7-16/h7-10,15-16,35H,5-6,11-14H2,1-4H3;5-12,33H,13H2,1-4H3;7-10,13-14,33H,11-12H2,1-6H3;5,8-12,16,32H,6-7,13H2,1-4H3. The van der Waals surface area contributed by atoms with Gasteiger partial charge >= 0.3 is 0 Å². The van der Waals surface area contributed by atoms with Gasteiger partial charge in [-0.15, -0.1) is 31.7 Å². The third-order valence-electron chi connectivity index (χ3n) is 25.3. The molecule has 0 radical (unpaired) electrons. The number of methoxy groups -OCH3 is 4. The van der Waals surface area contributed by atoms with E-state index in [1.165, 1.54) is 38.4 Å². The highest BCUT2D eigenvalue weighted by Crippen LogP contribution is 2.50. The number of likely N-dealkylation sites (tertiary alicyclic amines) is 1. The minimum Gasteiger partial charge on any atom is -0.486 e. The molecule has 0 spiro atoms. The normalized spacial score (nSPS) is 14.4. The second kappa shape index (κ2) is 42.8. The van der Waals surface area contributed by atoms with Gasteiger partial charge in [-0.05, 0) is 209 Å². The van der Waals surface area contributed by atoms with Crippen molar-refractivity contribution in [2.24, 2.45) is 34.1 Å². The van der Waals surface area contributed by atoms with Gasteiger partial charge < -0.3 is 63.2 Å². The zero-order chi connectivity index (χ0) is 101. The van der Waals surface area contributed by atoms with E-state index >= 15 is 0 Å². The maximum absolute atomic E-state index is 12.4. The van der Waals surface area contributed by atoms with Crippen LogP contribution >= 0.6 is 57.7 Å². The summed E-state index contributed by atoms with van der Waals surface area (Å²) in [5.41, 5.74) is 9.06. The third kappa shape index (κ3) is 20.3. The number of aromatic nitrogens is 21. The van der Waals surface area contributed by atoms with Crippen LogP contribution in [-0.2, 0) is 57.2 Å². The molecule has 0 bridgehead atoms. The number of hydrogen-bond acceptors (Lipinski definition) is 32. The predicted octanol–water partition coefficient (Wildman–Crippen LogP) is 15.5. The van der Waals surface area contributed by atoms with Gasteiger partial charge in [-0.3, -0.25) is 24.8 Å². The summed E-state index contributed by atoms with van der Waals surface area (Å²) in [6.45, 7) is 20.5. The molecule has 142 heavy (non-hydrogen) atoms. The second-order valence-corrected chi connectivity index (χ2v) is 37.6. The second-order valence-electron chi connectivity index (χ2n) is 35.2. The van der Waals surface area contributed by atoms with E-state index in [4.69, 9.17) is 84.3 Å². The smallest absolute Gasteiger partial charge is 0.258 e. The molecular weight excluding hydrogens is 1910 g/mol. The van der Waals surface area contributed by atoms with E-state index in [1.54, 1.807) is 116 Å². The Hall–Kier alpha value is -13.4. The SMILES string of the molecule is COc1nc2ccc(C(O)(c3ccc(C)nc3C)c3cnnn3C)cc2c(Cl)c1OCC1CC1.COc1nc2ccc(C(O)(c3ccc(C)nc3C)c3cnnn3C)cc2c(Cl)c1OCCN(C)C.COc1nc2ccc(C(O)(c3ccc(C)nc3C)c3cnnn3C)cc2c(Cl)c1OCCN1CCCC1.COc1nc2ccc(C(O)(c3ccc(C)nc3C)c3cnnn3C)cc2c(Cl)c1OCc1nccs1. The van der Waals surface area contributed by atoms with Gasteiger partial charge in [0.05, 0.1) is 125 Å². The molecule has 2 fully saturated rings. The summed E-state index contributed by atoms with van der Waals surface area (Å²) in [7, 11) is 17.0. The number of rotatable bonds is 30. The Labute approximate surface area is 843 Å². The highest BCUT2D eigenvalue weighted by molar-refractivity contribution is 7.09. The minimum absolute atomic E-state index is 0.222. The van der Waals surface area contributed by atoms with E-state index in [0.29, 0.717) is 227 Å². The van der Waals surface area contributed by atoms with Crippen LogP contribution in [0.2, 0.25) is 20.1 Å². The molecule has 40 heteroatoms. The number of aliphatic hydroxyl groups is 4. The first-order chi connectivity index (χ1) is 68.1. The highest BCUT2D eigenvalue weighted by Gasteiger charge is 2.45. The van der Waals surface area contributed by atoms with Crippen LogP contribution in [0.5, 0.6) is 46.5 Å². The Bertz CT molecular complexity index is 7490. The van der Waals surface area contributed by atoms with Gasteiger partial charge in [-0.2, -0.15) is 0 Å². The van der Waals surface area contributed by atoms with Crippen LogP contribution in [0, 0.1) is 61.3 Å². The minimum atomic E-state index is -1.61. The number of hydrogen-bond donors (Lipinski definition) is 4. The van der Waals surface area contributed by atoms with Crippen LogP contribution in [0.15, 0.2) is 158 Å². The Morgan fingerprint density at radius 2 is 0.697 bits per heavy atom. The van der Waals surface area contributed by atoms with Crippen molar-refractivity contribution in [3.63, 3.8) is 0 Å². The summed E-state index contributed by atoms with van der Waals surface area (Å²) in [6, 6.07) is 36.8. The average molecular weight is 2020 g/mol. The zero-order valence-electron chi connectivity index (χ0n) is 81.8. The van der Waals surface area contributed by atoms with Gasteiger partial charge in [0.1, 0.15) is 24.8 Å². The summed E-state index contributed by atoms with van der Waals surface area (Å²) in [4.78, 5) is 45.4. The predicted molar refractivity (Wildman–Crippen MR) is 540 cm³/mol. The van der Waals surface area contributed by atoms with Crippen molar-refractivity contribution >= 4 is 101 Å². The average Bonchev–Trinajstić information content (AvgIpc) is 1.29. The van der Waals surface area contributed by atoms with Crippen molar-refractivity contribution in [1.82, 2.24) is 115 Å². The first kappa shape index (κ1) is 102. The fourth-order valence-corrected chi connectivity index (χ4v) is 19.4. The molecule has 13 aromatic heterocycles. The summed E-state index contributed by atoms with van der Waals surface area (Å²) >= 11 is 28.9. The van der Waals surface area contributed by atoms with E-state index < -0.39 is 22.4 Å². The molecule has 1 aliphatic carbocycles. The van der Waals surface area contributed by atoms with Gasteiger partial charge in [0, 0.05) is 142 Å². The molecule has 4 atom stereocenters. The van der Waals surface area contributed by atoms with Crippen LogP contribution in [0.4, 0.5) is 0 Å². The molecule has 1 saturated carbocycles. The highest BCUT2D eigenvalue weighted by atomic mass is 35.5. The zero-order valence-corrected chi connectivity index (χ0v) is 85.7. The lowest BCUT2D eigenvalue weighted by atomic mass is 9.82. The number of pyridine rings is 8. The first-order valence-corrected chi connectivity index (χ1v) is 48.1. The monoisotopic (exact) mass is 2020 g/mol. The van der Waals surface area contributed by atoms with Crippen molar-refractivity contribution in [1.29, 1.82) is 0 Å². The Morgan fingerprint density at radius 1 is 0.394 bits per heavy atom. The summed E-state index contributed by atoms with van der Waals surface area (Å²) < 4.78 is 52.1. The molecule has 1 saturated heterocycles. The molecule has 4 aromatic carbocycles. The molecule has 0 amide bonds. The number of ether oxygens (including phenoxy) is 8. The van der Waals surface area contributed by atoms with E-state index in [-0.39, 0.29) is 12.5 Å². The largest absolute Gasteiger partial charge is 0.486 e. The summed E-state index contributed by atoms with van der Waals surface area (Å²) in [5.74, 6) is 3.26. The van der Waals surface area contributed by atoms with E-state index in [1.807, 2.05) is 177 Å². The molecule has 1 aliphatic heterocycles. The molecule has 19 rings (SSSR count). The molecule has 17 aromatic rings. The van der Waals surface area contributed by atoms with Crippen molar-refractivity contribution in [2.75, 3.05) is 88.5 Å². The van der Waals surface area contributed by atoms with Crippen LogP contribution < -0.4 is 37.9 Å². The maximum Gasteiger partial charge on any atom is 0.258 e. The number of aryl methyl sites for hydroxylation is 12.